The van der Waals surface area contributed by atoms with Gasteiger partial charge in [-0.3, -0.25) is 10.1 Å². The Hall–Kier alpha value is -3.32. The lowest BCUT2D eigenvalue weighted by Gasteiger charge is -2.11. The minimum atomic E-state index is -0.384. The van der Waals surface area contributed by atoms with Gasteiger partial charge >= 0.3 is 0 Å². The number of fused-ring (bicyclic) bond motifs is 1. The molecule has 0 saturated heterocycles. The number of nitrogens with zero attached hydrogens (tertiary/aromatic N) is 3. The van der Waals surface area contributed by atoms with E-state index in [-0.39, 0.29) is 10.6 Å². The van der Waals surface area contributed by atoms with Gasteiger partial charge in [-0.05, 0) is 23.6 Å². The van der Waals surface area contributed by atoms with E-state index in [1.165, 1.54) is 29.3 Å². The average molecular weight is 376 g/mol. The first-order chi connectivity index (χ1) is 13.2. The minimum absolute atomic E-state index is 0.0644. The lowest BCUT2D eigenvalue weighted by atomic mass is 10.1. The second kappa shape index (κ2) is 7.13. The van der Waals surface area contributed by atoms with Crippen molar-refractivity contribution in [3.05, 3.63) is 75.9 Å². The highest BCUT2D eigenvalue weighted by atomic mass is 32.1. The van der Waals surface area contributed by atoms with E-state index >= 15 is 0 Å². The van der Waals surface area contributed by atoms with Gasteiger partial charge in [0.1, 0.15) is 17.0 Å². The number of non-ortho nitro benzene ring substituents is 1. The third-order valence-corrected chi connectivity index (χ3v) is 5.28. The summed E-state index contributed by atoms with van der Waals surface area (Å²) >= 11 is 1.50. The summed E-state index contributed by atoms with van der Waals surface area (Å²) in [5.74, 6) is 0.698. The molecule has 2 aromatic heterocycles. The van der Waals surface area contributed by atoms with Gasteiger partial charge in [0.15, 0.2) is 0 Å². The number of hydrogen-bond donors (Lipinski definition) is 1. The second-order valence-corrected chi connectivity index (χ2v) is 6.85. The van der Waals surface area contributed by atoms with E-state index in [4.69, 9.17) is 0 Å². The van der Waals surface area contributed by atoms with Crippen LogP contribution in [0.2, 0.25) is 0 Å². The normalized spacial score (nSPS) is 10.9. The molecular formula is C20H16N4O2S. The Bertz CT molecular complexity index is 1140. The molecule has 6 nitrogen and oxygen atoms in total. The first-order valence-corrected chi connectivity index (χ1v) is 9.37. The van der Waals surface area contributed by atoms with Gasteiger partial charge in [0, 0.05) is 28.8 Å². The monoisotopic (exact) mass is 376 g/mol. The average Bonchev–Trinajstić information content (AvgIpc) is 3.14. The van der Waals surface area contributed by atoms with E-state index in [1.54, 1.807) is 12.1 Å². The molecular weight excluding hydrogens is 360 g/mol. The van der Waals surface area contributed by atoms with Crippen LogP contribution in [0.1, 0.15) is 12.5 Å². The fourth-order valence-electron chi connectivity index (χ4n) is 3.05. The first-order valence-electron chi connectivity index (χ1n) is 8.49. The van der Waals surface area contributed by atoms with Crippen molar-refractivity contribution >= 4 is 38.7 Å². The molecule has 4 aromatic rings. The molecule has 0 unspecified atom stereocenters. The van der Waals surface area contributed by atoms with Crippen LogP contribution in [0.4, 0.5) is 17.2 Å². The van der Waals surface area contributed by atoms with Crippen LogP contribution in [0.5, 0.6) is 0 Å². The molecule has 4 rings (SSSR count). The molecule has 0 aliphatic rings. The number of hydrogen-bond acceptors (Lipinski definition) is 6. The third-order valence-electron chi connectivity index (χ3n) is 4.39. The molecule has 0 bridgehead atoms. The van der Waals surface area contributed by atoms with Crippen LogP contribution >= 0.6 is 11.3 Å². The fourth-order valence-corrected chi connectivity index (χ4v) is 3.96. The Kier molecular flexibility index (Phi) is 4.52. The summed E-state index contributed by atoms with van der Waals surface area (Å²) in [6.45, 7) is 2.11. The number of nitrogens with one attached hydrogen (secondary N) is 1. The van der Waals surface area contributed by atoms with E-state index in [2.05, 4.69) is 28.3 Å². The van der Waals surface area contributed by atoms with Crippen molar-refractivity contribution in [3.63, 3.8) is 0 Å². The molecule has 0 aliphatic heterocycles. The molecule has 0 atom stereocenters. The molecule has 0 saturated carbocycles. The number of rotatable bonds is 5. The van der Waals surface area contributed by atoms with E-state index in [0.29, 0.717) is 5.82 Å². The molecule has 2 aromatic carbocycles. The molecule has 27 heavy (non-hydrogen) atoms. The predicted octanol–water partition coefficient (Wildman–Crippen LogP) is 5.57. The van der Waals surface area contributed by atoms with Crippen molar-refractivity contribution in [1.29, 1.82) is 0 Å². The van der Waals surface area contributed by atoms with E-state index in [9.17, 15) is 10.1 Å². The van der Waals surface area contributed by atoms with Crippen LogP contribution in [0, 0.1) is 10.1 Å². The highest BCUT2D eigenvalue weighted by molar-refractivity contribution is 7.17. The van der Waals surface area contributed by atoms with Crippen LogP contribution in [0.25, 0.3) is 21.3 Å². The number of nitro groups is 1. The SMILES string of the molecule is CCc1ccccc1Nc1ncnc2scc(-c3cccc([N+](=O)[O-])c3)c12. The molecule has 0 fully saturated rings. The van der Waals surface area contributed by atoms with E-state index < -0.39 is 0 Å². The van der Waals surface area contributed by atoms with Crippen molar-refractivity contribution in [1.82, 2.24) is 9.97 Å². The van der Waals surface area contributed by atoms with Gasteiger partial charge in [-0.25, -0.2) is 9.97 Å². The number of anilines is 2. The zero-order valence-corrected chi connectivity index (χ0v) is 15.4. The lowest BCUT2D eigenvalue weighted by Crippen LogP contribution is -1.98. The number of thiophene rings is 1. The molecule has 2 heterocycles. The topological polar surface area (TPSA) is 81.0 Å². The Morgan fingerprint density at radius 2 is 2.00 bits per heavy atom. The third kappa shape index (κ3) is 3.24. The van der Waals surface area contributed by atoms with Crippen molar-refractivity contribution in [3.8, 4) is 11.1 Å². The number of benzene rings is 2. The smallest absolute Gasteiger partial charge is 0.270 e. The van der Waals surface area contributed by atoms with Gasteiger partial charge in [-0.2, -0.15) is 0 Å². The van der Waals surface area contributed by atoms with Crippen LogP contribution in [-0.2, 0) is 6.42 Å². The Balaban J connectivity index is 1.85. The number of nitro benzene ring substituents is 1. The van der Waals surface area contributed by atoms with Crippen molar-refractivity contribution < 1.29 is 4.92 Å². The minimum Gasteiger partial charge on any atom is -0.339 e. The Morgan fingerprint density at radius 3 is 2.81 bits per heavy atom. The van der Waals surface area contributed by atoms with Crippen LogP contribution in [-0.4, -0.2) is 14.9 Å². The zero-order valence-electron chi connectivity index (χ0n) is 14.5. The van der Waals surface area contributed by atoms with Crippen molar-refractivity contribution in [2.24, 2.45) is 0 Å². The van der Waals surface area contributed by atoms with Gasteiger partial charge in [0.25, 0.3) is 5.69 Å². The predicted molar refractivity (Wildman–Crippen MR) is 109 cm³/mol. The lowest BCUT2D eigenvalue weighted by molar-refractivity contribution is -0.384. The highest BCUT2D eigenvalue weighted by Crippen LogP contribution is 2.38. The second-order valence-electron chi connectivity index (χ2n) is 5.99. The van der Waals surface area contributed by atoms with E-state index in [1.807, 2.05) is 29.6 Å². The molecule has 134 valence electrons. The molecule has 0 amide bonds. The molecule has 0 aliphatic carbocycles. The van der Waals surface area contributed by atoms with Crippen molar-refractivity contribution in [2.45, 2.75) is 13.3 Å². The number of aromatic nitrogens is 2. The molecule has 1 N–H and O–H groups in total. The van der Waals surface area contributed by atoms with E-state index in [0.717, 1.165) is 33.5 Å². The fraction of sp³-hybridized carbons (Fsp3) is 0.100. The number of para-hydroxylation sites is 1. The summed E-state index contributed by atoms with van der Waals surface area (Å²) < 4.78 is 0. The first kappa shape index (κ1) is 17.1. The summed E-state index contributed by atoms with van der Waals surface area (Å²) in [4.78, 5) is 20.4. The van der Waals surface area contributed by atoms with Crippen LogP contribution in [0.3, 0.4) is 0 Å². The maximum Gasteiger partial charge on any atom is 0.270 e. The Labute approximate surface area is 159 Å². The van der Waals surface area contributed by atoms with Crippen molar-refractivity contribution in [2.75, 3.05) is 5.32 Å². The number of aryl methyl sites for hydroxylation is 1. The quantitative estimate of drug-likeness (QED) is 0.364. The van der Waals surface area contributed by atoms with Gasteiger partial charge in [0.2, 0.25) is 0 Å². The molecule has 0 radical (unpaired) electrons. The summed E-state index contributed by atoms with van der Waals surface area (Å²) in [6.07, 6.45) is 2.44. The Morgan fingerprint density at radius 1 is 1.15 bits per heavy atom. The summed E-state index contributed by atoms with van der Waals surface area (Å²) in [5.41, 5.74) is 3.91. The van der Waals surface area contributed by atoms with Gasteiger partial charge in [-0.1, -0.05) is 37.3 Å². The van der Waals surface area contributed by atoms with Gasteiger partial charge in [-0.15, -0.1) is 11.3 Å². The zero-order chi connectivity index (χ0) is 18.8. The van der Waals surface area contributed by atoms with Crippen LogP contribution < -0.4 is 5.32 Å². The maximum atomic E-state index is 11.1. The maximum absolute atomic E-state index is 11.1. The van der Waals surface area contributed by atoms with Crippen LogP contribution in [0.15, 0.2) is 60.2 Å². The highest BCUT2D eigenvalue weighted by Gasteiger charge is 2.16. The van der Waals surface area contributed by atoms with Gasteiger partial charge in [0.05, 0.1) is 10.3 Å². The van der Waals surface area contributed by atoms with Gasteiger partial charge < -0.3 is 5.32 Å². The summed E-state index contributed by atoms with van der Waals surface area (Å²) in [6, 6.07) is 14.7. The largest absolute Gasteiger partial charge is 0.339 e. The summed E-state index contributed by atoms with van der Waals surface area (Å²) in [5, 5.41) is 17.4. The summed E-state index contributed by atoms with van der Waals surface area (Å²) in [7, 11) is 0. The molecule has 7 heteroatoms. The molecule has 0 spiro atoms. The standard InChI is InChI=1S/C20H16N4O2S/c1-2-13-6-3-4-9-17(13)23-19-18-16(11-27-20(18)22-12-21-19)14-7-5-8-15(10-14)24(25)26/h3-12H,2H2,1H3,(H,21,22,23).